The molecule has 2 heteroatoms. The minimum absolute atomic E-state index is 0.0423. The zero-order valence-electron chi connectivity index (χ0n) is 12.2. The molecule has 0 aliphatic rings. The highest BCUT2D eigenvalue weighted by Crippen LogP contribution is 2.14. The van der Waals surface area contributed by atoms with Crippen LogP contribution < -0.4 is 5.32 Å². The Morgan fingerprint density at radius 2 is 1.89 bits per heavy atom. The highest BCUT2D eigenvalue weighted by atomic mass is 14.9. The summed E-state index contributed by atoms with van der Waals surface area (Å²) in [5.41, 5.74) is 1.11. The number of hydrogen-bond donors (Lipinski definition) is 1. The fourth-order valence-electron chi connectivity index (χ4n) is 2.22. The lowest BCUT2D eigenvalue weighted by Gasteiger charge is -2.16. The number of nitriles is 1. The molecule has 0 saturated carbocycles. The van der Waals surface area contributed by atoms with Gasteiger partial charge >= 0.3 is 0 Å². The van der Waals surface area contributed by atoms with Crippen molar-refractivity contribution in [1.29, 1.82) is 5.26 Å². The fraction of sp³-hybridized carbons (Fsp3) is 0.588. The van der Waals surface area contributed by atoms with Crippen molar-refractivity contribution < 1.29 is 0 Å². The Morgan fingerprint density at radius 3 is 2.53 bits per heavy atom. The van der Waals surface area contributed by atoms with Crippen LogP contribution in [0.5, 0.6) is 0 Å². The SMILES string of the molecule is CCCCCCC(C)NCC(C#N)c1ccccc1. The Kier molecular flexibility index (Phi) is 7.93. The number of rotatable bonds is 9. The zero-order valence-corrected chi connectivity index (χ0v) is 12.2. The van der Waals surface area contributed by atoms with E-state index in [-0.39, 0.29) is 5.92 Å². The molecule has 1 N–H and O–H groups in total. The minimum atomic E-state index is -0.0423. The summed E-state index contributed by atoms with van der Waals surface area (Å²) in [5, 5.41) is 12.7. The third kappa shape index (κ3) is 6.40. The first-order valence-corrected chi connectivity index (χ1v) is 7.45. The van der Waals surface area contributed by atoms with Gasteiger partial charge in [0.1, 0.15) is 0 Å². The van der Waals surface area contributed by atoms with E-state index in [1.807, 2.05) is 30.3 Å². The monoisotopic (exact) mass is 258 g/mol. The third-order valence-electron chi connectivity index (χ3n) is 3.52. The Labute approximate surface area is 117 Å². The van der Waals surface area contributed by atoms with Crippen LogP contribution in [-0.2, 0) is 0 Å². The zero-order chi connectivity index (χ0) is 13.9. The number of nitrogens with zero attached hydrogens (tertiary/aromatic N) is 1. The maximum atomic E-state index is 9.25. The van der Waals surface area contributed by atoms with Crippen molar-refractivity contribution in [1.82, 2.24) is 5.32 Å². The van der Waals surface area contributed by atoms with Gasteiger partial charge in [-0.05, 0) is 18.9 Å². The van der Waals surface area contributed by atoms with Crippen molar-refractivity contribution in [2.45, 2.75) is 57.9 Å². The van der Waals surface area contributed by atoms with Crippen LogP contribution in [0.3, 0.4) is 0 Å². The van der Waals surface area contributed by atoms with Crippen molar-refractivity contribution in [2.24, 2.45) is 0 Å². The van der Waals surface area contributed by atoms with Gasteiger partial charge in [-0.3, -0.25) is 0 Å². The molecule has 1 aromatic rings. The normalized spacial score (nSPS) is 13.7. The van der Waals surface area contributed by atoms with E-state index in [1.165, 1.54) is 32.1 Å². The van der Waals surface area contributed by atoms with Gasteiger partial charge < -0.3 is 5.32 Å². The molecule has 1 rings (SSSR count). The first kappa shape index (κ1) is 15.7. The fourth-order valence-corrected chi connectivity index (χ4v) is 2.22. The van der Waals surface area contributed by atoms with E-state index in [0.717, 1.165) is 12.1 Å². The molecule has 0 saturated heterocycles. The topological polar surface area (TPSA) is 35.8 Å². The Bertz CT molecular complexity index is 367. The van der Waals surface area contributed by atoms with Gasteiger partial charge in [0.25, 0.3) is 0 Å². The van der Waals surface area contributed by atoms with E-state index in [0.29, 0.717) is 6.04 Å². The van der Waals surface area contributed by atoms with E-state index in [2.05, 4.69) is 25.2 Å². The van der Waals surface area contributed by atoms with Gasteiger partial charge in [-0.1, -0.05) is 62.9 Å². The van der Waals surface area contributed by atoms with Crippen LogP contribution in [0, 0.1) is 11.3 Å². The Morgan fingerprint density at radius 1 is 1.16 bits per heavy atom. The third-order valence-corrected chi connectivity index (χ3v) is 3.52. The average molecular weight is 258 g/mol. The predicted octanol–water partition coefficient (Wildman–Crippen LogP) is 4.24. The number of unbranched alkanes of at least 4 members (excludes halogenated alkanes) is 3. The van der Waals surface area contributed by atoms with E-state index < -0.39 is 0 Å². The van der Waals surface area contributed by atoms with Crippen LogP contribution >= 0.6 is 0 Å². The molecule has 104 valence electrons. The van der Waals surface area contributed by atoms with Gasteiger partial charge in [-0.25, -0.2) is 0 Å². The smallest absolute Gasteiger partial charge is 0.0837 e. The first-order valence-electron chi connectivity index (χ1n) is 7.45. The summed E-state index contributed by atoms with van der Waals surface area (Å²) < 4.78 is 0. The molecule has 0 heterocycles. The van der Waals surface area contributed by atoms with Crippen LogP contribution in [0.4, 0.5) is 0 Å². The van der Waals surface area contributed by atoms with E-state index in [1.54, 1.807) is 0 Å². The van der Waals surface area contributed by atoms with Crippen LogP contribution in [0.1, 0.15) is 57.4 Å². The summed E-state index contributed by atoms with van der Waals surface area (Å²) in [5.74, 6) is -0.0423. The minimum Gasteiger partial charge on any atom is -0.313 e. The summed E-state index contributed by atoms with van der Waals surface area (Å²) >= 11 is 0. The summed E-state index contributed by atoms with van der Waals surface area (Å²) in [6.07, 6.45) is 6.42. The molecule has 0 spiro atoms. The van der Waals surface area contributed by atoms with E-state index in [4.69, 9.17) is 0 Å². The highest BCUT2D eigenvalue weighted by molar-refractivity contribution is 5.25. The summed E-state index contributed by atoms with van der Waals surface area (Å²) in [4.78, 5) is 0. The average Bonchev–Trinajstić information content (AvgIpc) is 2.45. The van der Waals surface area contributed by atoms with Crippen molar-refractivity contribution in [3.63, 3.8) is 0 Å². The molecule has 2 atom stereocenters. The largest absolute Gasteiger partial charge is 0.313 e. The second-order valence-corrected chi connectivity index (χ2v) is 5.25. The van der Waals surface area contributed by atoms with Gasteiger partial charge in [0, 0.05) is 12.6 Å². The lowest BCUT2D eigenvalue weighted by atomic mass is 10.00. The molecule has 1 aromatic carbocycles. The summed E-state index contributed by atoms with van der Waals surface area (Å²) in [6.45, 7) is 5.19. The van der Waals surface area contributed by atoms with E-state index in [9.17, 15) is 5.26 Å². The van der Waals surface area contributed by atoms with Crippen molar-refractivity contribution in [2.75, 3.05) is 6.54 Å². The molecule has 0 amide bonds. The van der Waals surface area contributed by atoms with Crippen LogP contribution in [0.2, 0.25) is 0 Å². The van der Waals surface area contributed by atoms with Crippen molar-refractivity contribution in [3.05, 3.63) is 35.9 Å². The molecule has 2 nitrogen and oxygen atoms in total. The number of benzene rings is 1. The van der Waals surface area contributed by atoms with Gasteiger partial charge in [0.2, 0.25) is 0 Å². The molecule has 0 aliphatic carbocycles. The number of hydrogen-bond acceptors (Lipinski definition) is 2. The van der Waals surface area contributed by atoms with Crippen LogP contribution in [-0.4, -0.2) is 12.6 Å². The molecule has 19 heavy (non-hydrogen) atoms. The van der Waals surface area contributed by atoms with Gasteiger partial charge in [0.05, 0.1) is 12.0 Å². The van der Waals surface area contributed by atoms with Gasteiger partial charge in [-0.2, -0.15) is 5.26 Å². The molecule has 2 unspecified atom stereocenters. The van der Waals surface area contributed by atoms with Crippen LogP contribution in [0.25, 0.3) is 0 Å². The molecule has 0 bridgehead atoms. The van der Waals surface area contributed by atoms with Crippen molar-refractivity contribution >= 4 is 0 Å². The second-order valence-electron chi connectivity index (χ2n) is 5.25. The van der Waals surface area contributed by atoms with Crippen LogP contribution in [0.15, 0.2) is 30.3 Å². The lowest BCUT2D eigenvalue weighted by molar-refractivity contribution is 0.478. The predicted molar refractivity (Wildman–Crippen MR) is 81.0 cm³/mol. The summed E-state index contributed by atoms with van der Waals surface area (Å²) in [7, 11) is 0. The molecular weight excluding hydrogens is 232 g/mol. The molecule has 0 aliphatic heterocycles. The summed E-state index contributed by atoms with van der Waals surface area (Å²) in [6, 6.07) is 12.9. The Hall–Kier alpha value is -1.33. The maximum absolute atomic E-state index is 9.25. The molecule has 0 fully saturated rings. The highest BCUT2D eigenvalue weighted by Gasteiger charge is 2.11. The molecular formula is C17H26N2. The van der Waals surface area contributed by atoms with Gasteiger partial charge in [0.15, 0.2) is 0 Å². The number of nitrogens with one attached hydrogen (secondary N) is 1. The second kappa shape index (κ2) is 9.58. The van der Waals surface area contributed by atoms with Crippen molar-refractivity contribution in [3.8, 4) is 6.07 Å². The Balaban J connectivity index is 2.28. The van der Waals surface area contributed by atoms with E-state index >= 15 is 0 Å². The lowest BCUT2D eigenvalue weighted by Crippen LogP contribution is -2.30. The first-order chi connectivity index (χ1) is 9.27. The molecule has 0 radical (unpaired) electrons. The quantitative estimate of drug-likeness (QED) is 0.672. The van der Waals surface area contributed by atoms with Gasteiger partial charge in [-0.15, -0.1) is 0 Å². The molecule has 0 aromatic heterocycles. The standard InChI is InChI=1S/C17H26N2/c1-3-4-5-7-10-15(2)19-14-17(13-18)16-11-8-6-9-12-16/h6,8-9,11-12,15,17,19H,3-5,7,10,14H2,1-2H3. The maximum Gasteiger partial charge on any atom is 0.0837 e.